The number of nitrogens with one attached hydrogen (secondary N) is 1. The number of hydrogen-bond donors (Lipinski definition) is 2. The number of ether oxygens (including phenoxy) is 2. The van der Waals surface area contributed by atoms with Gasteiger partial charge in [-0.3, -0.25) is 10.1 Å². The number of aliphatic carboxylic acids is 1. The number of anilines is 1. The molecule has 2 N–H and O–H groups in total. The zero-order valence-corrected chi connectivity index (χ0v) is 14.6. The van der Waals surface area contributed by atoms with Crippen molar-refractivity contribution in [1.29, 1.82) is 0 Å². The van der Waals surface area contributed by atoms with Gasteiger partial charge in [-0.2, -0.15) is 0 Å². The van der Waals surface area contributed by atoms with Crippen molar-refractivity contribution in [3.8, 4) is 5.75 Å². The van der Waals surface area contributed by atoms with E-state index in [2.05, 4.69) is 5.32 Å². The minimum atomic E-state index is -1.00. The lowest BCUT2D eigenvalue weighted by molar-refractivity contribution is -0.143. The van der Waals surface area contributed by atoms with Crippen LogP contribution in [0.1, 0.15) is 52.0 Å². The number of benzene rings is 1. The first-order valence-electron chi connectivity index (χ1n) is 8.10. The van der Waals surface area contributed by atoms with Crippen LogP contribution in [0.15, 0.2) is 18.2 Å². The van der Waals surface area contributed by atoms with Gasteiger partial charge in [0, 0.05) is 5.69 Å². The first-order chi connectivity index (χ1) is 11.2. The summed E-state index contributed by atoms with van der Waals surface area (Å²) in [6, 6.07) is 5.06. The predicted octanol–water partition coefficient (Wildman–Crippen LogP) is 3.94. The van der Waals surface area contributed by atoms with E-state index >= 15 is 0 Å². The molecule has 0 saturated heterocycles. The van der Waals surface area contributed by atoms with Crippen molar-refractivity contribution in [3.63, 3.8) is 0 Å². The molecule has 1 aromatic rings. The third-order valence-electron chi connectivity index (χ3n) is 4.24. The second-order valence-electron chi connectivity index (χ2n) is 7.13. The standard InChI is InChI=1S/C18H25NO5/c1-17(2,3)24-16(22)19-14-8-7-12(23-4)11-13(14)18(15(20)21)9-5-6-10-18/h7-8,11H,5-6,9-10H2,1-4H3,(H,19,22)(H,20,21). The Morgan fingerprint density at radius 1 is 1.21 bits per heavy atom. The van der Waals surface area contributed by atoms with Crippen LogP contribution in [0.3, 0.4) is 0 Å². The molecule has 0 radical (unpaired) electrons. The molecule has 1 aliphatic rings. The Balaban J connectivity index is 2.41. The van der Waals surface area contributed by atoms with Gasteiger partial charge in [0.2, 0.25) is 0 Å². The molecule has 2 rings (SSSR count). The van der Waals surface area contributed by atoms with Crippen LogP contribution >= 0.6 is 0 Å². The molecule has 1 aromatic carbocycles. The van der Waals surface area contributed by atoms with E-state index < -0.39 is 23.1 Å². The predicted molar refractivity (Wildman–Crippen MR) is 90.6 cm³/mol. The molecule has 6 nitrogen and oxygen atoms in total. The van der Waals surface area contributed by atoms with Crippen molar-refractivity contribution in [1.82, 2.24) is 0 Å². The van der Waals surface area contributed by atoms with Gasteiger partial charge in [0.15, 0.2) is 0 Å². The molecule has 1 fully saturated rings. The first kappa shape index (κ1) is 18.1. The summed E-state index contributed by atoms with van der Waals surface area (Å²) in [7, 11) is 1.53. The number of methoxy groups -OCH3 is 1. The number of carboxylic acids is 1. The molecular weight excluding hydrogens is 310 g/mol. The highest BCUT2D eigenvalue weighted by molar-refractivity contribution is 5.90. The maximum atomic E-state index is 12.1. The van der Waals surface area contributed by atoms with Crippen molar-refractivity contribution >= 4 is 17.7 Å². The Bertz CT molecular complexity index is 627. The van der Waals surface area contributed by atoms with E-state index in [0.29, 0.717) is 29.8 Å². The quantitative estimate of drug-likeness (QED) is 0.870. The van der Waals surface area contributed by atoms with Gasteiger partial charge >= 0.3 is 12.1 Å². The van der Waals surface area contributed by atoms with Crippen LogP contribution in [-0.4, -0.2) is 29.9 Å². The number of hydrogen-bond acceptors (Lipinski definition) is 4. The summed E-state index contributed by atoms with van der Waals surface area (Å²) < 4.78 is 10.5. The fraction of sp³-hybridized carbons (Fsp3) is 0.556. The van der Waals surface area contributed by atoms with Crippen molar-refractivity contribution in [2.24, 2.45) is 0 Å². The molecule has 24 heavy (non-hydrogen) atoms. The maximum Gasteiger partial charge on any atom is 0.412 e. The van der Waals surface area contributed by atoms with E-state index in [-0.39, 0.29) is 0 Å². The molecule has 0 bridgehead atoms. The normalized spacial score (nSPS) is 16.5. The van der Waals surface area contributed by atoms with Gasteiger partial charge in [-0.25, -0.2) is 4.79 Å². The molecule has 0 atom stereocenters. The topological polar surface area (TPSA) is 84.9 Å². The summed E-state index contributed by atoms with van der Waals surface area (Å²) >= 11 is 0. The van der Waals surface area contributed by atoms with Crippen LogP contribution in [0.25, 0.3) is 0 Å². The molecule has 0 aliphatic heterocycles. The zero-order chi connectivity index (χ0) is 18.0. The number of carboxylic acid groups (broad SMARTS) is 1. The second-order valence-corrected chi connectivity index (χ2v) is 7.13. The molecule has 1 amide bonds. The Labute approximate surface area is 142 Å². The smallest absolute Gasteiger partial charge is 0.412 e. The van der Waals surface area contributed by atoms with Crippen LogP contribution in [0.2, 0.25) is 0 Å². The number of amides is 1. The van der Waals surface area contributed by atoms with E-state index in [1.54, 1.807) is 39.0 Å². The van der Waals surface area contributed by atoms with Gasteiger partial charge in [-0.05, 0) is 57.4 Å². The molecule has 0 aromatic heterocycles. The lowest BCUT2D eigenvalue weighted by atomic mass is 9.78. The minimum absolute atomic E-state index is 0.453. The summed E-state index contributed by atoms with van der Waals surface area (Å²) in [5.74, 6) is -0.312. The van der Waals surface area contributed by atoms with Crippen molar-refractivity contribution in [3.05, 3.63) is 23.8 Å². The van der Waals surface area contributed by atoms with Gasteiger partial charge in [0.25, 0.3) is 0 Å². The Kier molecular flexibility index (Phi) is 5.06. The molecule has 1 saturated carbocycles. The fourth-order valence-corrected chi connectivity index (χ4v) is 3.15. The molecule has 6 heteroatoms. The van der Waals surface area contributed by atoms with Crippen LogP contribution in [-0.2, 0) is 14.9 Å². The fourth-order valence-electron chi connectivity index (χ4n) is 3.15. The van der Waals surface area contributed by atoms with Crippen molar-refractivity contribution < 1.29 is 24.2 Å². The van der Waals surface area contributed by atoms with Gasteiger partial charge in [-0.15, -0.1) is 0 Å². The highest BCUT2D eigenvalue weighted by atomic mass is 16.6. The van der Waals surface area contributed by atoms with Crippen LogP contribution in [0, 0.1) is 0 Å². The summed E-state index contributed by atoms with van der Waals surface area (Å²) in [6.07, 6.45) is 2.16. The van der Waals surface area contributed by atoms with Gasteiger partial charge < -0.3 is 14.6 Å². The zero-order valence-electron chi connectivity index (χ0n) is 14.6. The van der Waals surface area contributed by atoms with Crippen molar-refractivity contribution in [2.75, 3.05) is 12.4 Å². The molecular formula is C18H25NO5. The number of carbonyl (C=O) groups is 2. The first-order valence-corrected chi connectivity index (χ1v) is 8.10. The molecule has 0 heterocycles. The van der Waals surface area contributed by atoms with Crippen LogP contribution < -0.4 is 10.1 Å². The maximum absolute atomic E-state index is 12.1. The number of carbonyl (C=O) groups excluding carboxylic acids is 1. The summed E-state index contributed by atoms with van der Waals surface area (Å²) in [5.41, 5.74) is -0.611. The summed E-state index contributed by atoms with van der Waals surface area (Å²) in [5, 5.41) is 12.5. The Morgan fingerprint density at radius 3 is 2.33 bits per heavy atom. The van der Waals surface area contributed by atoms with Crippen LogP contribution in [0.5, 0.6) is 5.75 Å². The highest BCUT2D eigenvalue weighted by Crippen LogP contribution is 2.45. The second kappa shape index (κ2) is 6.71. The van der Waals surface area contributed by atoms with Gasteiger partial charge in [0.05, 0.1) is 12.5 Å². The van der Waals surface area contributed by atoms with E-state index in [9.17, 15) is 14.7 Å². The van der Waals surface area contributed by atoms with E-state index in [4.69, 9.17) is 9.47 Å². The van der Waals surface area contributed by atoms with Crippen LogP contribution in [0.4, 0.5) is 10.5 Å². The van der Waals surface area contributed by atoms with Gasteiger partial charge in [-0.1, -0.05) is 12.8 Å². The third kappa shape index (κ3) is 3.80. The SMILES string of the molecule is COc1ccc(NC(=O)OC(C)(C)C)c(C2(C(=O)O)CCCC2)c1. The van der Waals surface area contributed by atoms with E-state index in [0.717, 1.165) is 12.8 Å². The van der Waals surface area contributed by atoms with Gasteiger partial charge in [0.1, 0.15) is 11.4 Å². The van der Waals surface area contributed by atoms with E-state index in [1.165, 1.54) is 7.11 Å². The van der Waals surface area contributed by atoms with E-state index in [1.807, 2.05) is 0 Å². The average Bonchev–Trinajstić information content (AvgIpc) is 2.96. The number of rotatable bonds is 4. The third-order valence-corrected chi connectivity index (χ3v) is 4.24. The monoisotopic (exact) mass is 335 g/mol. The molecule has 132 valence electrons. The summed E-state index contributed by atoms with van der Waals surface area (Å²) in [6.45, 7) is 5.33. The molecule has 0 unspecified atom stereocenters. The Morgan fingerprint density at radius 2 is 1.83 bits per heavy atom. The lowest BCUT2D eigenvalue weighted by Gasteiger charge is -2.28. The minimum Gasteiger partial charge on any atom is -0.497 e. The average molecular weight is 335 g/mol. The summed E-state index contributed by atoms with van der Waals surface area (Å²) in [4.78, 5) is 24.1. The molecule has 0 spiro atoms. The lowest BCUT2D eigenvalue weighted by Crippen LogP contribution is -2.34. The van der Waals surface area contributed by atoms with Crippen molar-refractivity contribution in [2.45, 2.75) is 57.5 Å². The largest absolute Gasteiger partial charge is 0.497 e. The highest BCUT2D eigenvalue weighted by Gasteiger charge is 2.44. The Hall–Kier alpha value is -2.24. The molecule has 1 aliphatic carbocycles.